The van der Waals surface area contributed by atoms with Crippen molar-refractivity contribution in [1.82, 2.24) is 20.0 Å². The summed E-state index contributed by atoms with van der Waals surface area (Å²) in [5.74, 6) is -0.594. The molecule has 2 fully saturated rings. The monoisotopic (exact) mass is 458 g/mol. The van der Waals surface area contributed by atoms with Crippen LogP contribution in [0.25, 0.3) is 16.8 Å². The summed E-state index contributed by atoms with van der Waals surface area (Å²) in [7, 11) is 0. The SMILES string of the molecule is C=C(NCC(=O)N1CC2(CC1C)OCCO2)c1ccc(-c2cnn(Cc3ccccc3)c2)cc1. The van der Waals surface area contributed by atoms with Crippen LogP contribution in [0.4, 0.5) is 0 Å². The fraction of sp³-hybridized carbons (Fsp3) is 0.333. The number of carbonyl (C=O) groups excluding carboxylic acids is 1. The molecule has 2 aliphatic heterocycles. The molecule has 3 aromatic rings. The second kappa shape index (κ2) is 9.44. The predicted octanol–water partition coefficient (Wildman–Crippen LogP) is 3.52. The van der Waals surface area contributed by atoms with Crippen LogP contribution in [0.15, 0.2) is 73.6 Å². The van der Waals surface area contributed by atoms with Gasteiger partial charge in [-0.05, 0) is 23.6 Å². The molecule has 1 amide bonds. The van der Waals surface area contributed by atoms with Gasteiger partial charge in [0, 0.05) is 29.9 Å². The van der Waals surface area contributed by atoms with Crippen molar-refractivity contribution in [2.75, 3.05) is 26.3 Å². The third-order valence-electron chi connectivity index (χ3n) is 6.52. The Morgan fingerprint density at radius 1 is 1.12 bits per heavy atom. The number of ether oxygens (including phenoxy) is 2. The highest BCUT2D eigenvalue weighted by Crippen LogP contribution is 2.34. The number of aromatic nitrogens is 2. The number of hydrogen-bond acceptors (Lipinski definition) is 5. The number of carbonyl (C=O) groups is 1. The highest BCUT2D eigenvalue weighted by atomic mass is 16.7. The van der Waals surface area contributed by atoms with Crippen molar-refractivity contribution in [1.29, 1.82) is 0 Å². The van der Waals surface area contributed by atoms with Crippen LogP contribution in [0.1, 0.15) is 24.5 Å². The number of hydrogen-bond donors (Lipinski definition) is 1. The summed E-state index contributed by atoms with van der Waals surface area (Å²) < 4.78 is 13.5. The number of amides is 1. The summed E-state index contributed by atoms with van der Waals surface area (Å²) in [6.45, 7) is 8.74. The minimum absolute atomic E-state index is 0.0204. The van der Waals surface area contributed by atoms with E-state index >= 15 is 0 Å². The van der Waals surface area contributed by atoms with Gasteiger partial charge in [0.2, 0.25) is 5.91 Å². The van der Waals surface area contributed by atoms with Crippen molar-refractivity contribution in [3.05, 3.63) is 84.7 Å². The summed E-state index contributed by atoms with van der Waals surface area (Å²) in [4.78, 5) is 14.6. The molecule has 2 aromatic carbocycles. The Hall–Kier alpha value is -3.42. The average Bonchev–Trinajstić information content (AvgIpc) is 3.59. The summed E-state index contributed by atoms with van der Waals surface area (Å²) in [5.41, 5.74) is 5.02. The fourth-order valence-corrected chi connectivity index (χ4v) is 4.70. The quantitative estimate of drug-likeness (QED) is 0.587. The van der Waals surface area contributed by atoms with Gasteiger partial charge in [0.15, 0.2) is 5.79 Å². The molecule has 176 valence electrons. The van der Waals surface area contributed by atoms with E-state index in [2.05, 4.69) is 47.5 Å². The lowest BCUT2D eigenvalue weighted by Gasteiger charge is -2.23. The van der Waals surface area contributed by atoms with E-state index in [1.165, 1.54) is 5.56 Å². The second-order valence-electron chi connectivity index (χ2n) is 9.00. The predicted molar refractivity (Wildman–Crippen MR) is 131 cm³/mol. The number of nitrogens with one attached hydrogen (secondary N) is 1. The second-order valence-corrected chi connectivity index (χ2v) is 9.00. The molecule has 1 N–H and O–H groups in total. The number of rotatable bonds is 7. The molecule has 1 aromatic heterocycles. The van der Waals surface area contributed by atoms with E-state index in [0.717, 1.165) is 28.9 Å². The smallest absolute Gasteiger partial charge is 0.242 e. The Morgan fingerprint density at radius 3 is 2.59 bits per heavy atom. The van der Waals surface area contributed by atoms with E-state index in [1.807, 2.05) is 53.0 Å². The largest absolute Gasteiger partial charge is 0.376 e. The number of benzene rings is 2. The normalized spacial score (nSPS) is 19.0. The Labute approximate surface area is 200 Å². The zero-order valence-electron chi connectivity index (χ0n) is 19.4. The van der Waals surface area contributed by atoms with Crippen molar-refractivity contribution < 1.29 is 14.3 Å². The zero-order chi connectivity index (χ0) is 23.5. The third-order valence-corrected chi connectivity index (χ3v) is 6.52. The Kier molecular flexibility index (Phi) is 6.22. The van der Waals surface area contributed by atoms with Crippen LogP contribution in [0.3, 0.4) is 0 Å². The first-order valence-electron chi connectivity index (χ1n) is 11.7. The lowest BCUT2D eigenvalue weighted by molar-refractivity contribution is -0.152. The average molecular weight is 459 g/mol. The van der Waals surface area contributed by atoms with Gasteiger partial charge in [-0.3, -0.25) is 9.48 Å². The van der Waals surface area contributed by atoms with Gasteiger partial charge in [-0.1, -0.05) is 61.2 Å². The van der Waals surface area contributed by atoms with Crippen molar-refractivity contribution in [2.24, 2.45) is 0 Å². The first-order valence-corrected chi connectivity index (χ1v) is 11.7. The van der Waals surface area contributed by atoms with E-state index < -0.39 is 5.79 Å². The minimum Gasteiger partial charge on any atom is -0.376 e. The van der Waals surface area contributed by atoms with Crippen LogP contribution in [-0.4, -0.2) is 58.7 Å². The van der Waals surface area contributed by atoms with E-state index in [1.54, 1.807) is 0 Å². The summed E-state index contributed by atoms with van der Waals surface area (Å²) in [6.07, 6.45) is 4.64. The van der Waals surface area contributed by atoms with Crippen molar-refractivity contribution in [3.8, 4) is 11.1 Å². The maximum atomic E-state index is 12.8. The van der Waals surface area contributed by atoms with Crippen molar-refractivity contribution in [2.45, 2.75) is 31.7 Å². The lowest BCUT2D eigenvalue weighted by Crippen LogP contribution is -2.42. The highest BCUT2D eigenvalue weighted by Gasteiger charge is 2.48. The van der Waals surface area contributed by atoms with Crippen LogP contribution < -0.4 is 5.32 Å². The molecule has 3 heterocycles. The first kappa shape index (κ1) is 22.4. The molecule has 0 radical (unpaired) electrons. The molecule has 1 atom stereocenters. The molecule has 1 spiro atoms. The molecule has 0 aliphatic carbocycles. The lowest BCUT2D eigenvalue weighted by atomic mass is 10.1. The molecule has 2 aliphatic rings. The summed E-state index contributed by atoms with van der Waals surface area (Å²) in [5, 5.41) is 7.67. The van der Waals surface area contributed by atoms with Crippen LogP contribution in [0.5, 0.6) is 0 Å². The van der Waals surface area contributed by atoms with E-state index in [9.17, 15) is 4.79 Å². The van der Waals surface area contributed by atoms with Gasteiger partial charge >= 0.3 is 0 Å². The Bertz CT molecular complexity index is 1150. The van der Waals surface area contributed by atoms with Gasteiger partial charge in [0.25, 0.3) is 0 Å². The van der Waals surface area contributed by atoms with Crippen LogP contribution in [-0.2, 0) is 20.8 Å². The zero-order valence-corrected chi connectivity index (χ0v) is 19.4. The van der Waals surface area contributed by atoms with Crippen molar-refractivity contribution in [3.63, 3.8) is 0 Å². The molecule has 7 heteroatoms. The van der Waals surface area contributed by atoms with E-state index in [4.69, 9.17) is 9.47 Å². The van der Waals surface area contributed by atoms with Gasteiger partial charge in [0.05, 0.1) is 39.0 Å². The van der Waals surface area contributed by atoms with Gasteiger partial charge in [-0.2, -0.15) is 5.10 Å². The summed E-state index contributed by atoms with van der Waals surface area (Å²) >= 11 is 0. The van der Waals surface area contributed by atoms with E-state index in [0.29, 0.717) is 26.2 Å². The molecular weight excluding hydrogens is 428 g/mol. The molecule has 2 saturated heterocycles. The molecule has 1 unspecified atom stereocenters. The summed E-state index contributed by atoms with van der Waals surface area (Å²) in [6, 6.07) is 18.5. The van der Waals surface area contributed by atoms with Gasteiger partial charge < -0.3 is 19.7 Å². The maximum absolute atomic E-state index is 12.8. The minimum atomic E-state index is -0.614. The molecule has 5 rings (SSSR count). The van der Waals surface area contributed by atoms with Crippen LogP contribution in [0.2, 0.25) is 0 Å². The number of nitrogens with zero attached hydrogens (tertiary/aromatic N) is 3. The van der Waals surface area contributed by atoms with Gasteiger partial charge in [-0.25, -0.2) is 0 Å². The maximum Gasteiger partial charge on any atom is 0.242 e. The highest BCUT2D eigenvalue weighted by molar-refractivity contribution is 5.81. The van der Waals surface area contributed by atoms with Gasteiger partial charge in [-0.15, -0.1) is 0 Å². The van der Waals surface area contributed by atoms with Gasteiger partial charge in [0.1, 0.15) is 0 Å². The Balaban J connectivity index is 1.16. The number of likely N-dealkylation sites (tertiary alicyclic amines) is 1. The first-order chi connectivity index (χ1) is 16.5. The topological polar surface area (TPSA) is 68.6 Å². The van der Waals surface area contributed by atoms with Crippen molar-refractivity contribution >= 4 is 11.6 Å². The molecular formula is C27H30N4O3. The fourth-order valence-electron chi connectivity index (χ4n) is 4.70. The molecule has 0 saturated carbocycles. The Morgan fingerprint density at radius 2 is 1.85 bits per heavy atom. The standard InChI is InChI=1S/C27H30N4O3/c1-20-14-27(33-12-13-34-27)19-31(20)26(32)16-28-21(2)23-8-10-24(11-9-23)25-15-29-30(18-25)17-22-6-4-3-5-7-22/h3-11,15,18,20,28H,2,12-14,16-17,19H2,1H3. The van der Waals surface area contributed by atoms with Crippen LogP contribution >= 0.6 is 0 Å². The van der Waals surface area contributed by atoms with Crippen LogP contribution in [0, 0.1) is 0 Å². The third kappa shape index (κ3) is 4.76. The van der Waals surface area contributed by atoms with E-state index in [-0.39, 0.29) is 18.5 Å². The molecule has 0 bridgehead atoms. The molecule has 34 heavy (non-hydrogen) atoms. The molecule has 7 nitrogen and oxygen atoms in total.